The molecule has 8 heteroatoms. The minimum atomic E-state index is -0.873. The van der Waals surface area contributed by atoms with E-state index in [1.165, 1.54) is 25.3 Å². The summed E-state index contributed by atoms with van der Waals surface area (Å²) in [4.78, 5) is 37.7. The fourth-order valence-corrected chi connectivity index (χ4v) is 4.23. The second-order valence-corrected chi connectivity index (χ2v) is 6.88. The van der Waals surface area contributed by atoms with Gasteiger partial charge in [-0.25, -0.2) is 4.90 Å². The van der Waals surface area contributed by atoms with E-state index in [4.69, 9.17) is 9.47 Å². The van der Waals surface area contributed by atoms with Gasteiger partial charge in [-0.1, -0.05) is 12.2 Å². The largest absolute Gasteiger partial charge is 0.496 e. The molecule has 2 bridgehead atoms. The highest BCUT2D eigenvalue weighted by molar-refractivity contribution is 6.24. The lowest BCUT2D eigenvalue weighted by Crippen LogP contribution is -2.39. The molecule has 3 aliphatic heterocycles. The topological polar surface area (TPSA) is 99.0 Å². The first-order valence-corrected chi connectivity index (χ1v) is 7.83. The van der Waals surface area contributed by atoms with Gasteiger partial charge < -0.3 is 9.47 Å². The quantitative estimate of drug-likeness (QED) is 0.359. The van der Waals surface area contributed by atoms with Crippen LogP contribution in [-0.4, -0.2) is 35.0 Å². The Morgan fingerprint density at radius 1 is 1.16 bits per heavy atom. The van der Waals surface area contributed by atoms with Crippen LogP contribution in [0.3, 0.4) is 0 Å². The maximum atomic E-state index is 13.0. The first kappa shape index (κ1) is 15.8. The molecule has 4 rings (SSSR count). The maximum absolute atomic E-state index is 13.0. The molecule has 2 fully saturated rings. The molecule has 2 saturated heterocycles. The van der Waals surface area contributed by atoms with Crippen LogP contribution in [0.2, 0.25) is 0 Å². The summed E-state index contributed by atoms with van der Waals surface area (Å²) in [6.07, 6.45) is 3.59. The molecule has 2 amide bonds. The van der Waals surface area contributed by atoms with Crippen molar-refractivity contribution in [2.75, 3.05) is 12.0 Å². The molecule has 0 radical (unpaired) electrons. The first-order valence-electron chi connectivity index (χ1n) is 7.83. The molecule has 0 saturated carbocycles. The Bertz CT molecular complexity index is 829. The number of amides is 2. The number of ether oxygens (including phenoxy) is 2. The number of anilines is 1. The molecule has 25 heavy (non-hydrogen) atoms. The van der Waals surface area contributed by atoms with E-state index >= 15 is 0 Å². The first-order chi connectivity index (χ1) is 11.7. The van der Waals surface area contributed by atoms with Crippen molar-refractivity contribution in [2.24, 2.45) is 11.8 Å². The summed E-state index contributed by atoms with van der Waals surface area (Å²) < 4.78 is 10.9. The molecular formula is C17H16N2O6. The minimum absolute atomic E-state index is 0.0400. The summed E-state index contributed by atoms with van der Waals surface area (Å²) in [5.41, 5.74) is -2.14. The lowest BCUT2D eigenvalue weighted by Gasteiger charge is -2.25. The zero-order valence-electron chi connectivity index (χ0n) is 13.9. The van der Waals surface area contributed by atoms with Crippen LogP contribution in [0.4, 0.5) is 11.4 Å². The van der Waals surface area contributed by atoms with E-state index in [9.17, 15) is 19.7 Å². The van der Waals surface area contributed by atoms with Crippen LogP contribution in [0.15, 0.2) is 30.4 Å². The summed E-state index contributed by atoms with van der Waals surface area (Å²) in [5.74, 6) is -2.04. The normalized spacial score (nSPS) is 35.4. The molecule has 3 heterocycles. The van der Waals surface area contributed by atoms with Crippen molar-refractivity contribution in [1.82, 2.24) is 0 Å². The third-order valence-corrected chi connectivity index (χ3v) is 5.35. The van der Waals surface area contributed by atoms with E-state index in [1.54, 1.807) is 26.0 Å². The highest BCUT2D eigenvalue weighted by atomic mass is 16.6. The number of methoxy groups -OCH3 is 1. The molecule has 8 nitrogen and oxygen atoms in total. The van der Waals surface area contributed by atoms with Gasteiger partial charge >= 0.3 is 0 Å². The molecule has 0 N–H and O–H groups in total. The van der Waals surface area contributed by atoms with Gasteiger partial charge in [0, 0.05) is 0 Å². The molecule has 0 spiro atoms. The number of hydrogen-bond acceptors (Lipinski definition) is 6. The number of nitro benzene ring substituents is 1. The number of fused-ring (bicyclic) bond motifs is 5. The zero-order chi connectivity index (χ0) is 18.1. The van der Waals surface area contributed by atoms with Crippen LogP contribution >= 0.6 is 0 Å². The lowest BCUT2D eigenvalue weighted by molar-refractivity contribution is -0.384. The van der Waals surface area contributed by atoms with Gasteiger partial charge in [0.1, 0.15) is 11.4 Å². The van der Waals surface area contributed by atoms with Crippen molar-refractivity contribution in [3.63, 3.8) is 0 Å². The molecule has 130 valence electrons. The lowest BCUT2D eigenvalue weighted by atomic mass is 9.73. The predicted octanol–water partition coefficient (Wildman–Crippen LogP) is 1.83. The summed E-state index contributed by atoms with van der Waals surface area (Å²) >= 11 is 0. The Labute approximate surface area is 143 Å². The number of carbonyl (C=O) groups is 2. The van der Waals surface area contributed by atoms with Crippen LogP contribution in [-0.2, 0) is 14.3 Å². The second kappa shape index (κ2) is 4.66. The fourth-order valence-electron chi connectivity index (χ4n) is 4.23. The van der Waals surface area contributed by atoms with E-state index in [0.717, 1.165) is 4.90 Å². The summed E-state index contributed by atoms with van der Waals surface area (Å²) in [6, 6.07) is 4.06. The van der Waals surface area contributed by atoms with E-state index in [0.29, 0.717) is 0 Å². The number of nitrogens with zero attached hydrogens (tertiary/aromatic N) is 2. The van der Waals surface area contributed by atoms with Crippen LogP contribution in [0, 0.1) is 22.0 Å². The standard InChI is InChI=1S/C17H16N2O6/c1-16-6-7-17(2,25-16)13-12(16)14(20)18(15(13)21)10-5-4-9(24-3)8-11(10)19(22)23/h4-8,12-13H,1-3H3/t12-,13-,16+,17+/m1/s1. The highest BCUT2D eigenvalue weighted by Gasteiger charge is 2.70. The second-order valence-electron chi connectivity index (χ2n) is 6.88. The van der Waals surface area contributed by atoms with Crippen LogP contribution in [0.25, 0.3) is 0 Å². The van der Waals surface area contributed by atoms with Crippen molar-refractivity contribution in [1.29, 1.82) is 0 Å². The molecule has 4 atom stereocenters. The maximum Gasteiger partial charge on any atom is 0.297 e. The van der Waals surface area contributed by atoms with Gasteiger partial charge in [0.25, 0.3) is 5.69 Å². The van der Waals surface area contributed by atoms with Crippen LogP contribution in [0.1, 0.15) is 13.8 Å². The van der Waals surface area contributed by atoms with E-state index < -0.39 is 39.8 Å². The van der Waals surface area contributed by atoms with Gasteiger partial charge in [-0.15, -0.1) is 0 Å². The number of hydrogen-bond donors (Lipinski definition) is 0. The average molecular weight is 344 g/mol. The van der Waals surface area contributed by atoms with Crippen LogP contribution in [0.5, 0.6) is 5.75 Å². The fraction of sp³-hybridized carbons (Fsp3) is 0.412. The number of rotatable bonds is 3. The van der Waals surface area contributed by atoms with Crippen molar-refractivity contribution in [3.05, 3.63) is 40.5 Å². The smallest absolute Gasteiger partial charge is 0.297 e. The molecule has 0 aliphatic carbocycles. The minimum Gasteiger partial charge on any atom is -0.496 e. The molecule has 0 unspecified atom stereocenters. The summed E-state index contributed by atoms with van der Waals surface area (Å²) in [7, 11) is 1.39. The number of carbonyl (C=O) groups excluding carboxylic acids is 2. The Kier molecular flexibility index (Phi) is 2.94. The monoisotopic (exact) mass is 344 g/mol. The van der Waals surface area contributed by atoms with Gasteiger partial charge in [0.05, 0.1) is 41.1 Å². The number of imide groups is 1. The molecule has 1 aromatic rings. The Balaban J connectivity index is 1.83. The zero-order valence-corrected chi connectivity index (χ0v) is 13.9. The Morgan fingerprint density at radius 3 is 2.20 bits per heavy atom. The van der Waals surface area contributed by atoms with Crippen molar-refractivity contribution in [2.45, 2.75) is 25.0 Å². The third-order valence-electron chi connectivity index (χ3n) is 5.35. The SMILES string of the molecule is COc1ccc(N2C(=O)[C@H]3[C@H](C2=O)[C@]2(C)C=C[C@]3(C)O2)c([N+](=O)[O-])c1. The molecule has 0 aromatic heterocycles. The van der Waals surface area contributed by atoms with E-state index in [1.807, 2.05) is 0 Å². The average Bonchev–Trinajstić information content (AvgIpc) is 3.11. The third kappa shape index (κ3) is 1.85. The molecule has 1 aromatic carbocycles. The van der Waals surface area contributed by atoms with Crippen molar-refractivity contribution >= 4 is 23.2 Å². The summed E-state index contributed by atoms with van der Waals surface area (Å²) in [6.45, 7) is 3.52. The Hall–Kier alpha value is -2.74. The highest BCUT2D eigenvalue weighted by Crippen LogP contribution is 2.58. The number of benzene rings is 1. The molecular weight excluding hydrogens is 328 g/mol. The van der Waals surface area contributed by atoms with E-state index in [-0.39, 0.29) is 17.1 Å². The van der Waals surface area contributed by atoms with Gasteiger partial charge in [-0.3, -0.25) is 19.7 Å². The van der Waals surface area contributed by atoms with Gasteiger partial charge in [0.15, 0.2) is 0 Å². The van der Waals surface area contributed by atoms with E-state index in [2.05, 4.69) is 0 Å². The van der Waals surface area contributed by atoms with Crippen molar-refractivity contribution < 1.29 is 24.0 Å². The van der Waals surface area contributed by atoms with Gasteiger partial charge in [0.2, 0.25) is 11.8 Å². The Morgan fingerprint density at radius 2 is 1.72 bits per heavy atom. The van der Waals surface area contributed by atoms with Gasteiger partial charge in [-0.05, 0) is 26.0 Å². The summed E-state index contributed by atoms with van der Waals surface area (Å²) in [5, 5.41) is 11.4. The number of nitro groups is 1. The van der Waals surface area contributed by atoms with Gasteiger partial charge in [-0.2, -0.15) is 0 Å². The van der Waals surface area contributed by atoms with Crippen LogP contribution < -0.4 is 9.64 Å². The van der Waals surface area contributed by atoms with Crippen molar-refractivity contribution in [3.8, 4) is 5.75 Å². The molecule has 3 aliphatic rings. The predicted molar refractivity (Wildman–Crippen MR) is 86.2 cm³/mol.